The number of carbonyl (C=O) groups excluding carboxylic acids is 1. The van der Waals surface area contributed by atoms with Gasteiger partial charge in [-0.2, -0.15) is 4.31 Å². The maximum absolute atomic E-state index is 13.6. The van der Waals surface area contributed by atoms with Gasteiger partial charge in [0.25, 0.3) is 0 Å². The van der Waals surface area contributed by atoms with Crippen LogP contribution >= 0.6 is 0 Å². The van der Waals surface area contributed by atoms with E-state index in [4.69, 9.17) is 0 Å². The van der Waals surface area contributed by atoms with Crippen LogP contribution in [0.3, 0.4) is 0 Å². The number of hydrogen-bond acceptors (Lipinski definition) is 4. The fourth-order valence-electron chi connectivity index (χ4n) is 4.99. The van der Waals surface area contributed by atoms with E-state index in [0.29, 0.717) is 18.8 Å². The number of ether oxygens (including phenoxy) is 1. The van der Waals surface area contributed by atoms with Crippen molar-refractivity contribution in [2.24, 2.45) is 0 Å². The second kappa shape index (κ2) is 7.39. The van der Waals surface area contributed by atoms with Crippen LogP contribution in [0.25, 0.3) is 10.9 Å². The summed E-state index contributed by atoms with van der Waals surface area (Å²) in [6.45, 7) is 3.18. The van der Waals surface area contributed by atoms with Gasteiger partial charge >= 0.3 is 6.09 Å². The molecule has 1 aliphatic heterocycles. The quantitative estimate of drug-likeness (QED) is 0.663. The molecule has 0 spiro atoms. The molecule has 1 N–H and O–H groups in total. The minimum absolute atomic E-state index is 0.150. The van der Waals surface area contributed by atoms with Gasteiger partial charge in [0.15, 0.2) is 0 Å². The van der Waals surface area contributed by atoms with Crippen molar-refractivity contribution in [2.45, 2.75) is 43.7 Å². The largest absolute Gasteiger partial charge is 0.453 e. The molecule has 2 aliphatic rings. The first-order chi connectivity index (χ1) is 14.9. The van der Waals surface area contributed by atoms with E-state index in [9.17, 15) is 13.2 Å². The number of nitrogens with zero attached hydrogens (tertiary/aromatic N) is 2. The lowest BCUT2D eigenvalue weighted by Crippen LogP contribution is -2.43. The van der Waals surface area contributed by atoms with Crippen LogP contribution in [0, 0.1) is 6.92 Å². The van der Waals surface area contributed by atoms with Crippen LogP contribution in [0.1, 0.15) is 35.7 Å². The van der Waals surface area contributed by atoms with E-state index in [1.54, 1.807) is 16.4 Å². The van der Waals surface area contributed by atoms with Crippen molar-refractivity contribution < 1.29 is 17.9 Å². The maximum atomic E-state index is 13.6. The number of hydrogen-bond donors (Lipinski definition) is 1. The molecule has 0 fully saturated rings. The first-order valence-corrected chi connectivity index (χ1v) is 11.9. The molecule has 1 aliphatic carbocycles. The molecule has 2 aromatic carbocycles. The van der Waals surface area contributed by atoms with Crippen molar-refractivity contribution in [1.29, 1.82) is 0 Å². The molecule has 3 aromatic rings. The van der Waals surface area contributed by atoms with Gasteiger partial charge in [-0.3, -0.25) is 5.32 Å². The van der Waals surface area contributed by atoms with Gasteiger partial charge in [-0.1, -0.05) is 11.6 Å². The summed E-state index contributed by atoms with van der Waals surface area (Å²) in [6.07, 6.45) is 2.19. The highest BCUT2D eigenvalue weighted by Gasteiger charge is 2.40. The van der Waals surface area contributed by atoms with E-state index in [1.807, 2.05) is 0 Å². The molecule has 5 rings (SSSR count). The Morgan fingerprint density at radius 1 is 1.13 bits per heavy atom. The number of fused-ring (bicyclic) bond motifs is 3. The van der Waals surface area contributed by atoms with Gasteiger partial charge in [0, 0.05) is 35.4 Å². The molecule has 1 aromatic heterocycles. The number of aryl methyl sites for hydroxylation is 2. The Bertz CT molecular complexity index is 1280. The highest BCUT2D eigenvalue weighted by atomic mass is 32.2. The Labute approximate surface area is 181 Å². The zero-order valence-electron chi connectivity index (χ0n) is 17.6. The van der Waals surface area contributed by atoms with E-state index >= 15 is 0 Å². The molecule has 2 heterocycles. The summed E-state index contributed by atoms with van der Waals surface area (Å²) < 4.78 is 35.7. The van der Waals surface area contributed by atoms with Gasteiger partial charge in [0.1, 0.15) is 0 Å². The molecular weight excluding hydrogens is 414 g/mol. The predicted octanol–water partition coefficient (Wildman–Crippen LogP) is 4.21. The Kier molecular flexibility index (Phi) is 4.79. The zero-order valence-corrected chi connectivity index (χ0v) is 18.4. The van der Waals surface area contributed by atoms with Crippen LogP contribution in [-0.2, 0) is 27.7 Å². The number of aromatic nitrogens is 1. The molecule has 1 amide bonds. The lowest BCUT2D eigenvalue weighted by Gasteiger charge is -2.39. The smallest absolute Gasteiger partial charge is 0.411 e. The summed E-state index contributed by atoms with van der Waals surface area (Å²) in [5.41, 5.74) is 5.37. The minimum atomic E-state index is -3.67. The first kappa shape index (κ1) is 20.1. The normalized spacial score (nSPS) is 18.6. The van der Waals surface area contributed by atoms with Crippen LogP contribution in [-0.4, -0.2) is 37.0 Å². The van der Waals surface area contributed by atoms with Crippen molar-refractivity contribution in [2.75, 3.05) is 19.0 Å². The van der Waals surface area contributed by atoms with Gasteiger partial charge in [-0.05, 0) is 68.1 Å². The van der Waals surface area contributed by atoms with Gasteiger partial charge in [0.2, 0.25) is 10.0 Å². The first-order valence-electron chi connectivity index (χ1n) is 10.5. The lowest BCUT2D eigenvalue weighted by molar-refractivity contribution is 0.187. The number of benzene rings is 2. The predicted molar refractivity (Wildman–Crippen MR) is 119 cm³/mol. The SMILES string of the molecule is COC(=O)Nc1ccc(S(=O)(=O)N2CCn3c4c(c5cc(C)ccc53)CCCC42)cc1. The number of sulfonamides is 1. The third-order valence-corrected chi connectivity index (χ3v) is 8.29. The molecule has 7 nitrogen and oxygen atoms in total. The maximum Gasteiger partial charge on any atom is 0.411 e. The number of amides is 1. The molecule has 0 saturated carbocycles. The summed E-state index contributed by atoms with van der Waals surface area (Å²) in [7, 11) is -2.39. The van der Waals surface area contributed by atoms with Gasteiger partial charge < -0.3 is 9.30 Å². The minimum Gasteiger partial charge on any atom is -0.453 e. The Hall–Kier alpha value is -2.84. The van der Waals surface area contributed by atoms with Crippen molar-refractivity contribution in [3.63, 3.8) is 0 Å². The number of carbonyl (C=O) groups is 1. The second-order valence-corrected chi connectivity index (χ2v) is 10.1. The van der Waals surface area contributed by atoms with E-state index in [1.165, 1.54) is 41.3 Å². The van der Waals surface area contributed by atoms with E-state index < -0.39 is 16.1 Å². The Morgan fingerprint density at radius 3 is 2.65 bits per heavy atom. The van der Waals surface area contributed by atoms with Gasteiger partial charge in [0.05, 0.1) is 18.0 Å². The third-order valence-electron chi connectivity index (χ3n) is 6.37. The zero-order chi connectivity index (χ0) is 21.8. The molecule has 1 unspecified atom stereocenters. The second-order valence-electron chi connectivity index (χ2n) is 8.20. The van der Waals surface area contributed by atoms with Gasteiger partial charge in [-0.15, -0.1) is 0 Å². The van der Waals surface area contributed by atoms with Crippen LogP contribution in [0.5, 0.6) is 0 Å². The molecule has 31 heavy (non-hydrogen) atoms. The highest BCUT2D eigenvalue weighted by molar-refractivity contribution is 7.89. The van der Waals surface area contributed by atoms with Crippen molar-refractivity contribution in [1.82, 2.24) is 8.87 Å². The van der Waals surface area contributed by atoms with Crippen LogP contribution in [0.15, 0.2) is 47.4 Å². The average molecular weight is 440 g/mol. The summed E-state index contributed by atoms with van der Waals surface area (Å²) in [5, 5.41) is 3.81. The monoisotopic (exact) mass is 439 g/mol. The Balaban J connectivity index is 1.52. The fraction of sp³-hybridized carbons (Fsp3) is 0.348. The molecular formula is C23H25N3O4S. The Morgan fingerprint density at radius 2 is 1.90 bits per heavy atom. The van der Waals surface area contributed by atoms with Crippen LogP contribution in [0.2, 0.25) is 0 Å². The lowest BCUT2D eigenvalue weighted by atomic mass is 9.90. The van der Waals surface area contributed by atoms with Gasteiger partial charge in [-0.25, -0.2) is 13.2 Å². The number of rotatable bonds is 3. The molecule has 162 valence electrons. The van der Waals surface area contributed by atoms with Crippen molar-refractivity contribution in [3.05, 3.63) is 59.3 Å². The van der Waals surface area contributed by atoms with Crippen LogP contribution < -0.4 is 5.32 Å². The topological polar surface area (TPSA) is 80.6 Å². The molecule has 8 heteroatoms. The summed E-state index contributed by atoms with van der Waals surface area (Å²) in [5.74, 6) is 0. The number of anilines is 1. The summed E-state index contributed by atoms with van der Waals surface area (Å²) >= 11 is 0. The van der Waals surface area contributed by atoms with E-state index in [0.717, 1.165) is 25.0 Å². The van der Waals surface area contributed by atoms with E-state index in [2.05, 4.69) is 39.7 Å². The van der Waals surface area contributed by atoms with Crippen molar-refractivity contribution in [3.8, 4) is 0 Å². The molecule has 0 saturated heterocycles. The molecule has 1 atom stereocenters. The average Bonchev–Trinajstić information content (AvgIpc) is 3.09. The molecule has 0 bridgehead atoms. The number of nitrogens with one attached hydrogen (secondary N) is 1. The fourth-order valence-corrected chi connectivity index (χ4v) is 6.60. The summed E-state index contributed by atoms with van der Waals surface area (Å²) in [4.78, 5) is 11.6. The highest BCUT2D eigenvalue weighted by Crippen LogP contribution is 2.44. The van der Waals surface area contributed by atoms with Crippen molar-refractivity contribution >= 4 is 32.7 Å². The van der Waals surface area contributed by atoms with E-state index in [-0.39, 0.29) is 10.9 Å². The van der Waals surface area contributed by atoms with Crippen LogP contribution in [0.4, 0.5) is 10.5 Å². The number of methoxy groups -OCH3 is 1. The standard InChI is InChI=1S/C23H25N3O4S/c1-15-6-11-20-19(14-15)18-4-3-5-21-22(18)25(20)12-13-26(21)31(28,29)17-9-7-16(8-10-17)24-23(27)30-2/h6-11,14,21H,3-5,12-13H2,1-2H3,(H,24,27). The molecule has 0 radical (unpaired) electrons. The summed E-state index contributed by atoms with van der Waals surface area (Å²) in [6, 6.07) is 12.6. The third kappa shape index (κ3) is 3.21.